The van der Waals surface area contributed by atoms with Crippen molar-refractivity contribution in [3.8, 4) is 0 Å². The third-order valence-electron chi connectivity index (χ3n) is 4.58. The summed E-state index contributed by atoms with van der Waals surface area (Å²) in [4.78, 5) is 11.1. The number of hydrogen-bond acceptors (Lipinski definition) is 5. The topological polar surface area (TPSA) is 50.1 Å². The lowest BCUT2D eigenvalue weighted by molar-refractivity contribution is -0.141. The van der Waals surface area contributed by atoms with Gasteiger partial charge in [-0.3, -0.25) is 9.58 Å². The van der Waals surface area contributed by atoms with Crippen molar-refractivity contribution in [3.05, 3.63) is 35.4 Å². The van der Waals surface area contributed by atoms with Crippen LogP contribution in [0.25, 0.3) is 0 Å². The summed E-state index contributed by atoms with van der Waals surface area (Å²) >= 11 is 0. The number of halogens is 5. The van der Waals surface area contributed by atoms with Gasteiger partial charge in [0.25, 0.3) is 6.43 Å². The molecule has 0 amide bonds. The lowest BCUT2D eigenvalue weighted by atomic mass is 10.2. The quantitative estimate of drug-likeness (QED) is 0.735. The van der Waals surface area contributed by atoms with Crippen LogP contribution in [0.4, 0.5) is 27.9 Å². The van der Waals surface area contributed by atoms with E-state index < -0.39 is 18.3 Å². The van der Waals surface area contributed by atoms with Gasteiger partial charge in [-0.2, -0.15) is 18.3 Å². The molecule has 3 rings (SSSR count). The number of likely N-dealkylation sites (N-methyl/N-ethyl adjacent to an activating group) is 1. The molecule has 1 saturated heterocycles. The van der Waals surface area contributed by atoms with Crippen molar-refractivity contribution in [2.75, 3.05) is 25.0 Å². The van der Waals surface area contributed by atoms with Crippen LogP contribution < -0.4 is 4.90 Å². The first-order valence-electron chi connectivity index (χ1n) is 8.31. The number of rotatable bonds is 5. The molecule has 148 valence electrons. The van der Waals surface area contributed by atoms with Gasteiger partial charge in [0.05, 0.1) is 0 Å². The maximum atomic E-state index is 13.1. The molecule has 2 aromatic heterocycles. The Hall–Kier alpha value is -2.30. The van der Waals surface area contributed by atoms with Gasteiger partial charge in [-0.05, 0) is 12.5 Å². The summed E-state index contributed by atoms with van der Waals surface area (Å²) in [6, 6.07) is 0.715. The number of aromatic nitrogens is 4. The fraction of sp³-hybridized carbons (Fsp3) is 0.562. The highest BCUT2D eigenvalue weighted by atomic mass is 19.4. The van der Waals surface area contributed by atoms with Gasteiger partial charge < -0.3 is 4.90 Å². The predicted molar refractivity (Wildman–Crippen MR) is 87.3 cm³/mol. The van der Waals surface area contributed by atoms with Crippen LogP contribution in [0.2, 0.25) is 0 Å². The van der Waals surface area contributed by atoms with Crippen LogP contribution in [0.5, 0.6) is 0 Å². The zero-order valence-electron chi connectivity index (χ0n) is 14.8. The molecule has 11 heteroatoms. The van der Waals surface area contributed by atoms with Gasteiger partial charge in [0.2, 0.25) is 5.95 Å². The van der Waals surface area contributed by atoms with Gasteiger partial charge in [-0.15, -0.1) is 0 Å². The highest BCUT2D eigenvalue weighted by Crippen LogP contribution is 2.29. The van der Waals surface area contributed by atoms with Crippen molar-refractivity contribution in [2.45, 2.75) is 31.6 Å². The smallest absolute Gasteiger partial charge is 0.340 e. The van der Waals surface area contributed by atoms with Crippen molar-refractivity contribution in [3.63, 3.8) is 0 Å². The van der Waals surface area contributed by atoms with E-state index in [9.17, 15) is 22.0 Å². The van der Waals surface area contributed by atoms with Crippen LogP contribution in [0.3, 0.4) is 0 Å². The lowest BCUT2D eigenvalue weighted by Crippen LogP contribution is -2.36. The molecule has 1 aliphatic heterocycles. The summed E-state index contributed by atoms with van der Waals surface area (Å²) < 4.78 is 66.0. The molecule has 0 saturated carbocycles. The van der Waals surface area contributed by atoms with Crippen LogP contribution in [0.15, 0.2) is 18.5 Å². The molecule has 1 unspecified atom stereocenters. The fourth-order valence-corrected chi connectivity index (χ4v) is 3.21. The van der Waals surface area contributed by atoms with E-state index in [4.69, 9.17) is 0 Å². The predicted octanol–water partition coefficient (Wildman–Crippen LogP) is 2.88. The number of likely N-dealkylation sites (tertiary alicyclic amines) is 1. The molecule has 0 bridgehead atoms. The summed E-state index contributed by atoms with van der Waals surface area (Å²) in [7, 11) is 3.22. The third-order valence-corrected chi connectivity index (χ3v) is 4.58. The van der Waals surface area contributed by atoms with E-state index in [2.05, 4.69) is 15.1 Å². The van der Waals surface area contributed by atoms with Crippen LogP contribution in [-0.4, -0.2) is 50.8 Å². The SMILES string of the molecule is CN(c1nccc(C(F)(F)F)n1)C1CCN(Cc2cn(C)nc2C(F)F)C1. The summed E-state index contributed by atoms with van der Waals surface area (Å²) in [6.45, 7) is 1.44. The minimum atomic E-state index is -4.54. The van der Waals surface area contributed by atoms with Gasteiger partial charge in [0, 0.05) is 57.7 Å². The largest absolute Gasteiger partial charge is 0.433 e. The van der Waals surface area contributed by atoms with Crippen molar-refractivity contribution in [1.29, 1.82) is 0 Å². The van der Waals surface area contributed by atoms with Gasteiger partial charge in [0.1, 0.15) is 11.4 Å². The second-order valence-corrected chi connectivity index (χ2v) is 6.54. The number of alkyl halides is 5. The molecule has 0 aromatic carbocycles. The van der Waals surface area contributed by atoms with Gasteiger partial charge in [-0.1, -0.05) is 0 Å². The van der Waals surface area contributed by atoms with E-state index in [0.717, 1.165) is 12.3 Å². The standard InChI is InChI=1S/C16H19F5N6/c1-25-7-10(13(24-25)14(17)18)8-27-6-4-11(9-27)26(2)15-22-5-3-12(23-15)16(19,20)21/h3,5,7,11,14H,4,6,8-9H2,1-2H3. The highest BCUT2D eigenvalue weighted by Gasteiger charge is 2.34. The molecule has 2 aromatic rings. The minimum Gasteiger partial charge on any atom is -0.340 e. The van der Waals surface area contributed by atoms with E-state index in [0.29, 0.717) is 31.6 Å². The molecule has 0 radical (unpaired) electrons. The summed E-state index contributed by atoms with van der Waals surface area (Å²) in [6.07, 6.45) is -3.87. The third kappa shape index (κ3) is 4.34. The maximum Gasteiger partial charge on any atom is 0.433 e. The van der Waals surface area contributed by atoms with Gasteiger partial charge >= 0.3 is 6.18 Å². The van der Waals surface area contributed by atoms with Crippen LogP contribution in [0.1, 0.15) is 29.8 Å². The van der Waals surface area contributed by atoms with Gasteiger partial charge in [0.15, 0.2) is 0 Å². The molecule has 0 spiro atoms. The Labute approximate surface area is 152 Å². The van der Waals surface area contributed by atoms with Crippen molar-refractivity contribution in [2.24, 2.45) is 7.05 Å². The number of hydrogen-bond donors (Lipinski definition) is 0. The van der Waals surface area contributed by atoms with E-state index in [-0.39, 0.29) is 17.7 Å². The number of aryl methyl sites for hydroxylation is 1. The van der Waals surface area contributed by atoms with E-state index >= 15 is 0 Å². The molecule has 1 fully saturated rings. The first-order valence-corrected chi connectivity index (χ1v) is 8.31. The Bertz CT molecular complexity index is 790. The first-order chi connectivity index (χ1) is 12.6. The molecule has 0 aliphatic carbocycles. The maximum absolute atomic E-state index is 13.1. The average Bonchev–Trinajstić information content (AvgIpc) is 3.20. The molecular formula is C16H19F5N6. The second kappa shape index (κ2) is 7.37. The molecule has 1 atom stereocenters. The minimum absolute atomic E-state index is 0.00803. The number of anilines is 1. The fourth-order valence-electron chi connectivity index (χ4n) is 3.21. The van der Waals surface area contributed by atoms with Crippen LogP contribution in [0, 0.1) is 0 Å². The normalized spacial score (nSPS) is 18.4. The van der Waals surface area contributed by atoms with E-state index in [1.54, 1.807) is 25.2 Å². The molecular weight excluding hydrogens is 371 g/mol. The Kier molecular flexibility index (Phi) is 5.31. The Morgan fingerprint density at radius 2 is 2.07 bits per heavy atom. The van der Waals surface area contributed by atoms with Crippen molar-refractivity contribution >= 4 is 5.95 Å². The second-order valence-electron chi connectivity index (χ2n) is 6.54. The molecule has 6 nitrogen and oxygen atoms in total. The Balaban J connectivity index is 1.68. The van der Waals surface area contributed by atoms with Gasteiger partial charge in [-0.25, -0.2) is 18.7 Å². The summed E-state index contributed by atoms with van der Waals surface area (Å²) in [5, 5.41) is 3.79. The Morgan fingerprint density at radius 3 is 2.74 bits per heavy atom. The summed E-state index contributed by atoms with van der Waals surface area (Å²) in [5.74, 6) is -0.00803. The molecule has 0 N–H and O–H groups in total. The molecule has 3 heterocycles. The van der Waals surface area contributed by atoms with Crippen LogP contribution in [-0.2, 0) is 19.8 Å². The Morgan fingerprint density at radius 1 is 1.33 bits per heavy atom. The van der Waals surface area contributed by atoms with E-state index in [1.807, 2.05) is 4.90 Å². The van der Waals surface area contributed by atoms with Crippen molar-refractivity contribution < 1.29 is 22.0 Å². The zero-order valence-corrected chi connectivity index (χ0v) is 14.8. The zero-order chi connectivity index (χ0) is 19.8. The molecule has 27 heavy (non-hydrogen) atoms. The van der Waals surface area contributed by atoms with Crippen molar-refractivity contribution in [1.82, 2.24) is 24.6 Å². The highest BCUT2D eigenvalue weighted by molar-refractivity contribution is 5.32. The van der Waals surface area contributed by atoms with E-state index in [1.165, 1.54) is 4.68 Å². The van der Waals surface area contributed by atoms with Crippen LogP contribution >= 0.6 is 0 Å². The lowest BCUT2D eigenvalue weighted by Gasteiger charge is -2.25. The number of nitrogens with zero attached hydrogens (tertiary/aromatic N) is 6. The monoisotopic (exact) mass is 390 g/mol. The molecule has 1 aliphatic rings. The summed E-state index contributed by atoms with van der Waals surface area (Å²) in [5.41, 5.74) is -0.784. The first kappa shape index (κ1) is 19.5. The average molecular weight is 390 g/mol.